The van der Waals surface area contributed by atoms with E-state index in [1.54, 1.807) is 12.1 Å². The van der Waals surface area contributed by atoms with Gasteiger partial charge in [-0.1, -0.05) is 12.1 Å². The zero-order chi connectivity index (χ0) is 12.7. The minimum Gasteiger partial charge on any atom is -0.291 e. The number of rotatable bonds is 5. The summed E-state index contributed by atoms with van der Waals surface area (Å²) in [5.41, 5.74) is 7.19. The molecule has 0 aliphatic rings. The molecule has 1 amide bonds. The van der Waals surface area contributed by atoms with Crippen LogP contribution >= 0.6 is 0 Å². The summed E-state index contributed by atoms with van der Waals surface area (Å²) >= 11 is 0. The number of nitrogens with zero attached hydrogens (tertiary/aromatic N) is 1. The first-order chi connectivity index (χ1) is 8.11. The lowest BCUT2D eigenvalue weighted by molar-refractivity contribution is -0.122. The summed E-state index contributed by atoms with van der Waals surface area (Å²) < 4.78 is 0. The zero-order valence-corrected chi connectivity index (χ0v) is 10.2. The Morgan fingerprint density at radius 1 is 1.35 bits per heavy atom. The van der Waals surface area contributed by atoms with E-state index in [1.165, 1.54) is 0 Å². The topological polar surface area (TPSA) is 64.9 Å². The van der Waals surface area contributed by atoms with Crippen molar-refractivity contribution >= 4 is 5.91 Å². The van der Waals surface area contributed by atoms with E-state index < -0.39 is 0 Å². The van der Waals surface area contributed by atoms with Crippen molar-refractivity contribution in [1.82, 2.24) is 10.9 Å². The Kier molecular flexibility index (Phi) is 5.18. The second-order valence-corrected chi connectivity index (χ2v) is 4.16. The molecule has 0 fully saturated rings. The lowest BCUT2D eigenvalue weighted by atomic mass is 10.1. The monoisotopic (exact) mass is 231 g/mol. The highest BCUT2D eigenvalue weighted by Gasteiger charge is 2.02. The number of aryl methyl sites for hydroxylation is 1. The standard InChI is InChI=1S/C13H17N3O/c1-10(2)15-16-13(17)8-7-11-3-5-12(9-14)6-4-11/h3-6,10,15H,7-8H2,1-2H3,(H,16,17). The third kappa shape index (κ3) is 5.14. The van der Waals surface area contributed by atoms with Gasteiger partial charge in [0, 0.05) is 12.5 Å². The first-order valence-corrected chi connectivity index (χ1v) is 5.65. The van der Waals surface area contributed by atoms with E-state index in [0.29, 0.717) is 18.4 Å². The van der Waals surface area contributed by atoms with E-state index in [1.807, 2.05) is 26.0 Å². The fourth-order valence-corrected chi connectivity index (χ4v) is 1.29. The molecule has 2 N–H and O–H groups in total. The maximum Gasteiger partial charge on any atom is 0.234 e. The van der Waals surface area contributed by atoms with Crippen LogP contribution in [-0.2, 0) is 11.2 Å². The molecule has 0 saturated heterocycles. The molecule has 0 saturated carbocycles. The highest BCUT2D eigenvalue weighted by atomic mass is 16.2. The summed E-state index contributed by atoms with van der Waals surface area (Å²) in [4.78, 5) is 11.4. The number of carbonyl (C=O) groups is 1. The minimum absolute atomic E-state index is 0.0249. The van der Waals surface area contributed by atoms with E-state index in [-0.39, 0.29) is 11.9 Å². The van der Waals surface area contributed by atoms with Gasteiger partial charge in [-0.05, 0) is 38.0 Å². The highest BCUT2D eigenvalue weighted by molar-refractivity contribution is 5.75. The van der Waals surface area contributed by atoms with Gasteiger partial charge < -0.3 is 0 Å². The van der Waals surface area contributed by atoms with Crippen LogP contribution in [0.3, 0.4) is 0 Å². The van der Waals surface area contributed by atoms with Gasteiger partial charge in [0.15, 0.2) is 0 Å². The largest absolute Gasteiger partial charge is 0.291 e. The zero-order valence-electron chi connectivity index (χ0n) is 10.2. The molecule has 1 rings (SSSR count). The Morgan fingerprint density at radius 2 is 2.00 bits per heavy atom. The molecule has 0 unspecified atom stereocenters. The van der Waals surface area contributed by atoms with Crippen LogP contribution in [0.5, 0.6) is 0 Å². The fourth-order valence-electron chi connectivity index (χ4n) is 1.29. The predicted molar refractivity (Wildman–Crippen MR) is 65.9 cm³/mol. The van der Waals surface area contributed by atoms with E-state index >= 15 is 0 Å². The van der Waals surface area contributed by atoms with Crippen molar-refractivity contribution in [3.63, 3.8) is 0 Å². The average Bonchev–Trinajstić information content (AvgIpc) is 2.34. The number of amides is 1. The van der Waals surface area contributed by atoms with Crippen molar-refractivity contribution < 1.29 is 4.79 Å². The lowest BCUT2D eigenvalue weighted by Crippen LogP contribution is -2.41. The third-order valence-corrected chi connectivity index (χ3v) is 2.22. The Morgan fingerprint density at radius 3 is 2.53 bits per heavy atom. The van der Waals surface area contributed by atoms with E-state index in [4.69, 9.17) is 5.26 Å². The summed E-state index contributed by atoms with van der Waals surface area (Å²) in [6.45, 7) is 3.92. The van der Waals surface area contributed by atoms with Crippen LogP contribution in [0.1, 0.15) is 31.4 Å². The summed E-state index contributed by atoms with van der Waals surface area (Å²) in [6.07, 6.45) is 1.11. The van der Waals surface area contributed by atoms with Gasteiger partial charge >= 0.3 is 0 Å². The van der Waals surface area contributed by atoms with E-state index in [9.17, 15) is 4.79 Å². The maximum absolute atomic E-state index is 11.4. The smallest absolute Gasteiger partial charge is 0.234 e. The minimum atomic E-state index is -0.0249. The molecule has 90 valence electrons. The van der Waals surface area contributed by atoms with Gasteiger partial charge in [0.05, 0.1) is 11.6 Å². The second kappa shape index (κ2) is 6.66. The van der Waals surface area contributed by atoms with E-state index in [2.05, 4.69) is 16.9 Å². The Balaban J connectivity index is 2.35. The van der Waals surface area contributed by atoms with Crippen molar-refractivity contribution in [2.45, 2.75) is 32.7 Å². The first-order valence-electron chi connectivity index (χ1n) is 5.65. The molecule has 1 aromatic carbocycles. The number of nitriles is 1. The Labute approximate surface area is 102 Å². The molecule has 0 aromatic heterocycles. The summed E-state index contributed by atoms with van der Waals surface area (Å²) in [6, 6.07) is 9.57. The Bertz CT molecular complexity index is 404. The van der Waals surface area contributed by atoms with Gasteiger partial charge in [0.1, 0.15) is 0 Å². The van der Waals surface area contributed by atoms with Crippen LogP contribution in [0.25, 0.3) is 0 Å². The van der Waals surface area contributed by atoms with Gasteiger partial charge in [-0.2, -0.15) is 5.26 Å². The van der Waals surface area contributed by atoms with Gasteiger partial charge in [0.2, 0.25) is 5.91 Å². The molecular formula is C13H17N3O. The van der Waals surface area contributed by atoms with Crippen LogP contribution in [0.2, 0.25) is 0 Å². The van der Waals surface area contributed by atoms with Crippen molar-refractivity contribution in [1.29, 1.82) is 5.26 Å². The van der Waals surface area contributed by atoms with E-state index in [0.717, 1.165) is 5.56 Å². The van der Waals surface area contributed by atoms with Crippen LogP contribution < -0.4 is 10.9 Å². The quantitative estimate of drug-likeness (QED) is 0.755. The van der Waals surface area contributed by atoms with Gasteiger partial charge in [-0.3, -0.25) is 10.2 Å². The fraction of sp³-hybridized carbons (Fsp3) is 0.385. The summed E-state index contributed by atoms with van der Waals surface area (Å²) in [5, 5.41) is 8.65. The molecule has 4 heteroatoms. The molecule has 0 spiro atoms. The SMILES string of the molecule is CC(C)NNC(=O)CCc1ccc(C#N)cc1. The third-order valence-electron chi connectivity index (χ3n) is 2.22. The van der Waals surface area contributed by atoms with Gasteiger partial charge in [0.25, 0.3) is 0 Å². The average molecular weight is 231 g/mol. The van der Waals surface area contributed by atoms with Gasteiger partial charge in [-0.15, -0.1) is 0 Å². The Hall–Kier alpha value is -1.86. The number of carbonyl (C=O) groups excluding carboxylic acids is 1. The molecule has 0 heterocycles. The van der Waals surface area contributed by atoms with Crippen molar-refractivity contribution in [2.75, 3.05) is 0 Å². The molecule has 17 heavy (non-hydrogen) atoms. The van der Waals surface area contributed by atoms with Crippen LogP contribution in [0, 0.1) is 11.3 Å². The summed E-state index contributed by atoms with van der Waals surface area (Å²) in [5.74, 6) is -0.0249. The van der Waals surface area contributed by atoms with Crippen LogP contribution in [-0.4, -0.2) is 11.9 Å². The number of hydrogen-bond acceptors (Lipinski definition) is 3. The number of benzene rings is 1. The molecule has 4 nitrogen and oxygen atoms in total. The van der Waals surface area contributed by atoms with Crippen molar-refractivity contribution in [2.24, 2.45) is 0 Å². The maximum atomic E-state index is 11.4. The van der Waals surface area contributed by atoms with Crippen molar-refractivity contribution in [3.8, 4) is 6.07 Å². The first kappa shape index (κ1) is 13.2. The molecule has 0 aliphatic heterocycles. The predicted octanol–water partition coefficient (Wildman–Crippen LogP) is 1.52. The van der Waals surface area contributed by atoms with Crippen LogP contribution in [0.15, 0.2) is 24.3 Å². The van der Waals surface area contributed by atoms with Crippen LogP contribution in [0.4, 0.5) is 0 Å². The number of hydrazine groups is 1. The number of hydrogen-bond donors (Lipinski definition) is 2. The molecule has 0 atom stereocenters. The normalized spacial score (nSPS) is 10.0. The molecule has 0 bridgehead atoms. The highest BCUT2D eigenvalue weighted by Crippen LogP contribution is 2.05. The van der Waals surface area contributed by atoms with Crippen molar-refractivity contribution in [3.05, 3.63) is 35.4 Å². The van der Waals surface area contributed by atoms with Gasteiger partial charge in [-0.25, -0.2) is 5.43 Å². The molecule has 0 aliphatic carbocycles. The summed E-state index contributed by atoms with van der Waals surface area (Å²) in [7, 11) is 0. The molecular weight excluding hydrogens is 214 g/mol. The number of nitrogens with one attached hydrogen (secondary N) is 2. The molecule has 0 radical (unpaired) electrons. The molecule has 1 aromatic rings. The second-order valence-electron chi connectivity index (χ2n) is 4.16. The lowest BCUT2D eigenvalue weighted by Gasteiger charge is -2.09.